The molecule has 0 unspecified atom stereocenters. The number of thiazole rings is 1. The maximum Gasteiger partial charge on any atom is 0.162 e. The fourth-order valence-electron chi connectivity index (χ4n) is 2.86. The zero-order valence-corrected chi connectivity index (χ0v) is 18.3. The van der Waals surface area contributed by atoms with Gasteiger partial charge >= 0.3 is 0 Å². The molecule has 0 bridgehead atoms. The van der Waals surface area contributed by atoms with E-state index in [2.05, 4.69) is 4.98 Å². The topological polar surface area (TPSA) is 70.0 Å². The molecule has 0 aliphatic carbocycles. The lowest BCUT2D eigenvalue weighted by atomic mass is 10.1. The maximum absolute atomic E-state index is 11.1. The third-order valence-corrected chi connectivity index (χ3v) is 5.45. The van der Waals surface area contributed by atoms with Crippen molar-refractivity contribution in [2.24, 2.45) is 0 Å². The minimum atomic E-state index is -1.30. The SMILES string of the molecule is OC(COCCOCc1ccccc1)(COCCOCc1ccccc1)c1nccs1. The number of hydrogen-bond donors (Lipinski definition) is 1. The molecule has 7 heteroatoms. The van der Waals surface area contributed by atoms with Crippen LogP contribution in [0.1, 0.15) is 16.1 Å². The van der Waals surface area contributed by atoms with Crippen LogP contribution in [0.15, 0.2) is 72.2 Å². The minimum Gasteiger partial charge on any atom is -0.378 e. The summed E-state index contributed by atoms with van der Waals surface area (Å²) in [6.45, 7) is 2.87. The highest BCUT2D eigenvalue weighted by molar-refractivity contribution is 7.09. The molecule has 0 aliphatic rings. The van der Waals surface area contributed by atoms with Gasteiger partial charge in [-0.15, -0.1) is 11.3 Å². The molecule has 1 heterocycles. The quantitative estimate of drug-likeness (QED) is 0.360. The second-order valence-corrected chi connectivity index (χ2v) is 7.94. The van der Waals surface area contributed by atoms with Crippen LogP contribution in [0.5, 0.6) is 0 Å². The third-order valence-electron chi connectivity index (χ3n) is 4.48. The Morgan fingerprint density at radius 3 is 1.65 bits per heavy atom. The van der Waals surface area contributed by atoms with Crippen LogP contribution in [0.25, 0.3) is 0 Å². The van der Waals surface area contributed by atoms with Gasteiger partial charge in [0.05, 0.1) is 52.9 Å². The molecule has 1 N–H and O–H groups in total. The molecule has 166 valence electrons. The van der Waals surface area contributed by atoms with Gasteiger partial charge in [0.15, 0.2) is 5.60 Å². The number of hydrogen-bond acceptors (Lipinski definition) is 7. The molecule has 0 radical (unpaired) electrons. The number of benzene rings is 2. The van der Waals surface area contributed by atoms with Gasteiger partial charge in [0.1, 0.15) is 5.01 Å². The lowest BCUT2D eigenvalue weighted by Gasteiger charge is -2.25. The van der Waals surface area contributed by atoms with Crippen molar-refractivity contribution in [1.82, 2.24) is 4.98 Å². The van der Waals surface area contributed by atoms with E-state index in [-0.39, 0.29) is 13.2 Å². The van der Waals surface area contributed by atoms with E-state index in [1.807, 2.05) is 66.0 Å². The van der Waals surface area contributed by atoms with E-state index in [4.69, 9.17) is 18.9 Å². The van der Waals surface area contributed by atoms with Crippen LogP contribution < -0.4 is 0 Å². The molecule has 0 saturated heterocycles. The standard InChI is InChI=1S/C24H29NO5S/c26-24(23-25-11-16-31-23,19-29-14-12-27-17-21-7-3-1-4-8-21)20-30-15-13-28-18-22-9-5-2-6-10-22/h1-11,16,26H,12-15,17-20H2. The highest BCUT2D eigenvalue weighted by Gasteiger charge is 2.33. The number of rotatable bonds is 15. The largest absolute Gasteiger partial charge is 0.378 e. The van der Waals surface area contributed by atoms with E-state index in [1.165, 1.54) is 11.3 Å². The Labute approximate surface area is 187 Å². The Bertz CT molecular complexity index is 778. The average Bonchev–Trinajstić information content (AvgIpc) is 3.36. The van der Waals surface area contributed by atoms with E-state index >= 15 is 0 Å². The van der Waals surface area contributed by atoms with Crippen LogP contribution >= 0.6 is 11.3 Å². The molecule has 1 aromatic heterocycles. The van der Waals surface area contributed by atoms with Crippen molar-refractivity contribution in [2.75, 3.05) is 39.6 Å². The lowest BCUT2D eigenvalue weighted by molar-refractivity contribution is -0.112. The van der Waals surface area contributed by atoms with Crippen LogP contribution in [0.3, 0.4) is 0 Å². The molecule has 3 rings (SSSR count). The van der Waals surface area contributed by atoms with Gasteiger partial charge < -0.3 is 24.1 Å². The van der Waals surface area contributed by atoms with E-state index in [0.717, 1.165) is 11.1 Å². The molecule has 0 aliphatic heterocycles. The zero-order valence-electron chi connectivity index (χ0n) is 17.5. The predicted molar refractivity (Wildman–Crippen MR) is 120 cm³/mol. The normalized spacial score (nSPS) is 11.6. The van der Waals surface area contributed by atoms with Gasteiger partial charge in [-0.1, -0.05) is 60.7 Å². The van der Waals surface area contributed by atoms with Crippen molar-refractivity contribution >= 4 is 11.3 Å². The summed E-state index contributed by atoms with van der Waals surface area (Å²) in [7, 11) is 0. The molecule has 2 aromatic carbocycles. The highest BCUT2D eigenvalue weighted by atomic mass is 32.1. The molecule has 0 fully saturated rings. The molecule has 6 nitrogen and oxygen atoms in total. The summed E-state index contributed by atoms with van der Waals surface area (Å²) < 4.78 is 22.6. The smallest absolute Gasteiger partial charge is 0.162 e. The van der Waals surface area contributed by atoms with Crippen LogP contribution in [0, 0.1) is 0 Å². The van der Waals surface area contributed by atoms with Gasteiger partial charge in [-0.25, -0.2) is 4.98 Å². The number of nitrogens with zero attached hydrogens (tertiary/aromatic N) is 1. The molecule has 0 saturated carbocycles. The van der Waals surface area contributed by atoms with Crippen molar-refractivity contribution in [3.63, 3.8) is 0 Å². The second-order valence-electron chi connectivity index (χ2n) is 7.05. The van der Waals surface area contributed by atoms with Gasteiger partial charge in [0.2, 0.25) is 0 Å². The van der Waals surface area contributed by atoms with E-state index in [0.29, 0.717) is 44.6 Å². The molecular weight excluding hydrogens is 414 g/mol. The summed E-state index contributed by atoms with van der Waals surface area (Å²) in [6.07, 6.45) is 1.66. The third kappa shape index (κ3) is 8.49. The molecule has 0 amide bonds. The van der Waals surface area contributed by atoms with Crippen LogP contribution in [-0.4, -0.2) is 49.7 Å². The van der Waals surface area contributed by atoms with Crippen LogP contribution in [0.4, 0.5) is 0 Å². The van der Waals surface area contributed by atoms with Gasteiger partial charge in [0.25, 0.3) is 0 Å². The van der Waals surface area contributed by atoms with E-state index in [9.17, 15) is 5.11 Å². The van der Waals surface area contributed by atoms with Gasteiger partial charge in [-0.05, 0) is 11.1 Å². The Balaban J connectivity index is 1.33. The monoisotopic (exact) mass is 443 g/mol. The van der Waals surface area contributed by atoms with Gasteiger partial charge in [-0.2, -0.15) is 0 Å². The summed E-state index contributed by atoms with van der Waals surface area (Å²) in [4.78, 5) is 4.24. The van der Waals surface area contributed by atoms with Gasteiger partial charge in [-0.3, -0.25) is 0 Å². The second kappa shape index (κ2) is 13.3. The van der Waals surface area contributed by atoms with E-state index < -0.39 is 5.60 Å². The molecule has 0 spiro atoms. The van der Waals surface area contributed by atoms with Crippen molar-refractivity contribution in [2.45, 2.75) is 18.8 Å². The van der Waals surface area contributed by atoms with Crippen molar-refractivity contribution < 1.29 is 24.1 Å². The van der Waals surface area contributed by atoms with E-state index in [1.54, 1.807) is 6.20 Å². The first-order chi connectivity index (χ1) is 15.3. The first-order valence-corrected chi connectivity index (χ1v) is 11.2. The summed E-state index contributed by atoms with van der Waals surface area (Å²) >= 11 is 1.38. The van der Waals surface area contributed by atoms with Crippen LogP contribution in [0.2, 0.25) is 0 Å². The van der Waals surface area contributed by atoms with Crippen molar-refractivity contribution in [3.8, 4) is 0 Å². The first kappa shape index (κ1) is 23.5. The van der Waals surface area contributed by atoms with Crippen molar-refractivity contribution in [3.05, 3.63) is 88.4 Å². The fraction of sp³-hybridized carbons (Fsp3) is 0.375. The molecule has 3 aromatic rings. The Morgan fingerprint density at radius 2 is 1.19 bits per heavy atom. The summed E-state index contributed by atoms with van der Waals surface area (Å²) in [5, 5.41) is 13.5. The fourth-order valence-corrected chi connectivity index (χ4v) is 3.57. The number of aliphatic hydroxyl groups is 1. The number of aromatic nitrogens is 1. The highest BCUT2D eigenvalue weighted by Crippen LogP contribution is 2.24. The molecule has 31 heavy (non-hydrogen) atoms. The summed E-state index contributed by atoms with van der Waals surface area (Å²) in [5.74, 6) is 0. The Hall–Kier alpha value is -2.13. The summed E-state index contributed by atoms with van der Waals surface area (Å²) in [5.41, 5.74) is 0.932. The lowest BCUT2D eigenvalue weighted by Crippen LogP contribution is -2.37. The average molecular weight is 444 g/mol. The Morgan fingerprint density at radius 1 is 0.710 bits per heavy atom. The summed E-state index contributed by atoms with van der Waals surface area (Å²) in [6, 6.07) is 19.9. The predicted octanol–water partition coefficient (Wildman–Crippen LogP) is 3.80. The maximum atomic E-state index is 11.1. The number of ether oxygens (including phenoxy) is 4. The van der Waals surface area contributed by atoms with Gasteiger partial charge in [0, 0.05) is 11.6 Å². The minimum absolute atomic E-state index is 0.0834. The zero-order chi connectivity index (χ0) is 21.6. The Kier molecular flexibility index (Phi) is 10.1. The molecular formula is C24H29NO5S. The first-order valence-electron chi connectivity index (χ1n) is 10.3. The van der Waals surface area contributed by atoms with Crippen molar-refractivity contribution in [1.29, 1.82) is 0 Å². The molecule has 0 atom stereocenters. The van der Waals surface area contributed by atoms with Crippen LogP contribution in [-0.2, 0) is 37.8 Å².